The highest BCUT2D eigenvalue weighted by atomic mass is 16.5. The van der Waals surface area contributed by atoms with Gasteiger partial charge in [0, 0.05) is 25.5 Å². The van der Waals surface area contributed by atoms with Crippen molar-refractivity contribution in [3.63, 3.8) is 0 Å². The SMILES string of the molecule is Cc1ccc2nc(COc3ccccc3C(=O)N(C)CC(=O)NC3CC3)cn2c1. The van der Waals surface area contributed by atoms with E-state index in [0.29, 0.717) is 11.3 Å². The van der Waals surface area contributed by atoms with E-state index in [2.05, 4.69) is 10.3 Å². The molecular formula is C22H24N4O3. The summed E-state index contributed by atoms with van der Waals surface area (Å²) in [7, 11) is 1.62. The number of hydrogen-bond acceptors (Lipinski definition) is 4. The van der Waals surface area contributed by atoms with Gasteiger partial charge in [0.05, 0.1) is 17.8 Å². The minimum atomic E-state index is -0.253. The Bertz CT molecular complexity index is 1060. The Hall–Kier alpha value is -3.35. The Labute approximate surface area is 169 Å². The lowest BCUT2D eigenvalue weighted by molar-refractivity contribution is -0.121. The molecule has 7 heteroatoms. The molecule has 2 amide bonds. The van der Waals surface area contributed by atoms with Gasteiger partial charge in [0.25, 0.3) is 5.91 Å². The van der Waals surface area contributed by atoms with Crippen molar-refractivity contribution in [3.8, 4) is 5.75 Å². The molecule has 1 aliphatic rings. The number of amides is 2. The summed E-state index contributed by atoms with van der Waals surface area (Å²) < 4.78 is 7.87. The van der Waals surface area contributed by atoms with E-state index in [1.165, 1.54) is 4.90 Å². The summed E-state index contributed by atoms with van der Waals surface area (Å²) in [5.41, 5.74) is 3.19. The van der Waals surface area contributed by atoms with Crippen LogP contribution in [0.3, 0.4) is 0 Å². The van der Waals surface area contributed by atoms with Crippen molar-refractivity contribution in [1.29, 1.82) is 0 Å². The number of nitrogens with zero attached hydrogens (tertiary/aromatic N) is 3. The summed E-state index contributed by atoms with van der Waals surface area (Å²) >= 11 is 0. The topological polar surface area (TPSA) is 75.9 Å². The number of aryl methyl sites for hydroxylation is 1. The molecule has 1 aliphatic carbocycles. The van der Waals surface area contributed by atoms with E-state index >= 15 is 0 Å². The van der Waals surface area contributed by atoms with Crippen LogP contribution < -0.4 is 10.1 Å². The lowest BCUT2D eigenvalue weighted by Crippen LogP contribution is -2.39. The third-order valence-electron chi connectivity index (χ3n) is 4.81. The van der Waals surface area contributed by atoms with Gasteiger partial charge < -0.3 is 19.4 Å². The molecule has 4 rings (SSSR count). The van der Waals surface area contributed by atoms with Crippen LogP contribution in [0.1, 0.15) is 34.5 Å². The maximum absolute atomic E-state index is 12.8. The Balaban J connectivity index is 1.43. The molecule has 0 aliphatic heterocycles. The molecule has 1 N–H and O–H groups in total. The van der Waals surface area contributed by atoms with E-state index in [9.17, 15) is 9.59 Å². The highest BCUT2D eigenvalue weighted by Crippen LogP contribution is 2.22. The molecule has 0 unspecified atom stereocenters. The first kappa shape index (κ1) is 19.0. The number of likely N-dealkylation sites (N-methyl/N-ethyl adjacent to an activating group) is 1. The predicted molar refractivity (Wildman–Crippen MR) is 109 cm³/mol. The summed E-state index contributed by atoms with van der Waals surface area (Å²) in [5.74, 6) is 0.0825. The molecule has 2 heterocycles. The molecule has 2 aromatic heterocycles. The molecule has 29 heavy (non-hydrogen) atoms. The van der Waals surface area contributed by atoms with Gasteiger partial charge >= 0.3 is 0 Å². The lowest BCUT2D eigenvalue weighted by Gasteiger charge is -2.18. The van der Waals surface area contributed by atoms with Gasteiger partial charge in [-0.15, -0.1) is 0 Å². The summed E-state index contributed by atoms with van der Waals surface area (Å²) in [6, 6.07) is 11.3. The van der Waals surface area contributed by atoms with E-state index < -0.39 is 0 Å². The molecule has 1 fully saturated rings. The van der Waals surface area contributed by atoms with Crippen molar-refractivity contribution in [2.45, 2.75) is 32.4 Å². The minimum absolute atomic E-state index is 0.0233. The third kappa shape index (κ3) is 4.56. The highest BCUT2D eigenvalue weighted by Gasteiger charge is 2.25. The van der Waals surface area contributed by atoms with Gasteiger partial charge in [0.2, 0.25) is 5.91 Å². The van der Waals surface area contributed by atoms with Crippen LogP contribution in [0, 0.1) is 6.92 Å². The van der Waals surface area contributed by atoms with Crippen LogP contribution in [0.25, 0.3) is 5.65 Å². The van der Waals surface area contributed by atoms with E-state index in [1.807, 2.05) is 41.9 Å². The zero-order chi connectivity index (χ0) is 20.4. The average molecular weight is 392 g/mol. The Morgan fingerprint density at radius 1 is 1.21 bits per heavy atom. The number of carbonyl (C=O) groups excluding carboxylic acids is 2. The normalized spacial score (nSPS) is 13.3. The second-order valence-corrected chi connectivity index (χ2v) is 7.49. The molecular weight excluding hydrogens is 368 g/mol. The fourth-order valence-corrected chi connectivity index (χ4v) is 3.14. The number of fused-ring (bicyclic) bond motifs is 1. The van der Waals surface area contributed by atoms with Crippen LogP contribution in [0.4, 0.5) is 0 Å². The van der Waals surface area contributed by atoms with E-state index in [0.717, 1.165) is 29.7 Å². The number of rotatable bonds is 7. The maximum Gasteiger partial charge on any atom is 0.257 e. The molecule has 0 radical (unpaired) electrons. The summed E-state index contributed by atoms with van der Waals surface area (Å²) in [6.45, 7) is 2.30. The summed E-state index contributed by atoms with van der Waals surface area (Å²) in [6.07, 6.45) is 5.96. The number of aromatic nitrogens is 2. The second kappa shape index (κ2) is 7.95. The number of benzene rings is 1. The number of ether oxygens (including phenoxy) is 1. The number of nitrogens with one attached hydrogen (secondary N) is 1. The standard InChI is InChI=1S/C22H24N4O3/c1-15-7-10-20-23-17(12-26(20)11-15)14-29-19-6-4-3-5-18(19)22(28)25(2)13-21(27)24-16-8-9-16/h3-7,10-12,16H,8-9,13-14H2,1-2H3,(H,24,27). The van der Waals surface area contributed by atoms with Gasteiger partial charge in [-0.1, -0.05) is 18.2 Å². The zero-order valence-electron chi connectivity index (χ0n) is 16.6. The van der Waals surface area contributed by atoms with E-state index in [-0.39, 0.29) is 31.0 Å². The quantitative estimate of drug-likeness (QED) is 0.671. The molecule has 0 saturated heterocycles. The zero-order valence-corrected chi connectivity index (χ0v) is 16.6. The number of pyridine rings is 1. The first-order valence-electron chi connectivity index (χ1n) is 9.70. The smallest absolute Gasteiger partial charge is 0.257 e. The fraction of sp³-hybridized carbons (Fsp3) is 0.318. The molecule has 1 saturated carbocycles. The third-order valence-corrected chi connectivity index (χ3v) is 4.81. The summed E-state index contributed by atoms with van der Waals surface area (Å²) in [4.78, 5) is 30.8. The maximum atomic E-state index is 12.8. The van der Waals surface area contributed by atoms with Crippen LogP contribution in [-0.4, -0.2) is 45.7 Å². The van der Waals surface area contributed by atoms with Gasteiger partial charge in [0.15, 0.2) is 0 Å². The first-order valence-corrected chi connectivity index (χ1v) is 9.70. The highest BCUT2D eigenvalue weighted by molar-refractivity contribution is 5.98. The van der Waals surface area contributed by atoms with Crippen LogP contribution >= 0.6 is 0 Å². The second-order valence-electron chi connectivity index (χ2n) is 7.49. The average Bonchev–Trinajstić information content (AvgIpc) is 3.42. The molecule has 7 nitrogen and oxygen atoms in total. The number of para-hydroxylation sites is 1. The fourth-order valence-electron chi connectivity index (χ4n) is 3.14. The Morgan fingerprint density at radius 3 is 2.79 bits per heavy atom. The molecule has 150 valence electrons. The van der Waals surface area contributed by atoms with E-state index in [4.69, 9.17) is 4.74 Å². The Morgan fingerprint density at radius 2 is 2.00 bits per heavy atom. The number of carbonyl (C=O) groups is 2. The van der Waals surface area contributed by atoms with Crippen molar-refractivity contribution in [1.82, 2.24) is 19.6 Å². The van der Waals surface area contributed by atoms with Crippen molar-refractivity contribution in [3.05, 3.63) is 65.6 Å². The molecule has 0 spiro atoms. The van der Waals surface area contributed by atoms with Gasteiger partial charge in [-0.25, -0.2) is 4.98 Å². The lowest BCUT2D eigenvalue weighted by atomic mass is 10.1. The van der Waals surface area contributed by atoms with Crippen LogP contribution in [0.2, 0.25) is 0 Å². The van der Waals surface area contributed by atoms with Gasteiger partial charge in [-0.05, 0) is 43.5 Å². The van der Waals surface area contributed by atoms with Crippen LogP contribution in [0.5, 0.6) is 5.75 Å². The summed E-state index contributed by atoms with van der Waals surface area (Å²) in [5, 5.41) is 2.89. The van der Waals surface area contributed by atoms with Crippen molar-refractivity contribution < 1.29 is 14.3 Å². The monoisotopic (exact) mass is 392 g/mol. The number of hydrogen-bond donors (Lipinski definition) is 1. The van der Waals surface area contributed by atoms with Crippen LogP contribution in [-0.2, 0) is 11.4 Å². The van der Waals surface area contributed by atoms with Crippen LogP contribution in [0.15, 0.2) is 48.8 Å². The number of imidazole rings is 1. The molecule has 0 atom stereocenters. The van der Waals surface area contributed by atoms with Gasteiger partial charge in [0.1, 0.15) is 18.0 Å². The van der Waals surface area contributed by atoms with Crippen molar-refractivity contribution >= 4 is 17.5 Å². The van der Waals surface area contributed by atoms with Gasteiger partial charge in [-0.2, -0.15) is 0 Å². The predicted octanol–water partition coefficient (Wildman–Crippen LogP) is 2.57. The van der Waals surface area contributed by atoms with Crippen molar-refractivity contribution in [2.24, 2.45) is 0 Å². The van der Waals surface area contributed by atoms with E-state index in [1.54, 1.807) is 25.2 Å². The molecule has 0 bridgehead atoms. The van der Waals surface area contributed by atoms with Crippen molar-refractivity contribution in [2.75, 3.05) is 13.6 Å². The largest absolute Gasteiger partial charge is 0.486 e. The first-order chi connectivity index (χ1) is 14.0. The Kier molecular flexibility index (Phi) is 5.20. The minimum Gasteiger partial charge on any atom is -0.486 e. The molecule has 3 aromatic rings. The molecule has 1 aromatic carbocycles. The van der Waals surface area contributed by atoms with Gasteiger partial charge in [-0.3, -0.25) is 9.59 Å².